The molecule has 0 aliphatic rings. The summed E-state index contributed by atoms with van der Waals surface area (Å²) >= 11 is 0. The number of nitrogens with zero attached hydrogens (tertiary/aromatic N) is 2. The van der Waals surface area contributed by atoms with Crippen LogP contribution in [0.3, 0.4) is 0 Å². The second-order valence-electron chi connectivity index (χ2n) is 5.61. The van der Waals surface area contributed by atoms with E-state index in [4.69, 9.17) is 16.0 Å². The summed E-state index contributed by atoms with van der Waals surface area (Å²) in [6.07, 6.45) is -0.0219. The molecule has 0 N–H and O–H groups in total. The summed E-state index contributed by atoms with van der Waals surface area (Å²) in [5.41, 5.74) is -1.91. The predicted molar refractivity (Wildman–Crippen MR) is 77.5 cm³/mol. The zero-order valence-electron chi connectivity index (χ0n) is 12.6. The molecule has 0 spiro atoms. The lowest BCUT2D eigenvalue weighted by Gasteiger charge is -2.22. The van der Waals surface area contributed by atoms with E-state index in [2.05, 4.69) is 4.85 Å². The van der Waals surface area contributed by atoms with Crippen LogP contribution in [0.1, 0.15) is 26.3 Å². The van der Waals surface area contributed by atoms with Crippen molar-refractivity contribution in [1.82, 2.24) is 0 Å². The van der Waals surface area contributed by atoms with Gasteiger partial charge in [-0.3, -0.25) is 4.85 Å². The van der Waals surface area contributed by atoms with Gasteiger partial charge in [0.1, 0.15) is 11.4 Å². The van der Waals surface area contributed by atoms with Crippen molar-refractivity contribution in [2.75, 3.05) is 7.11 Å². The maximum atomic E-state index is 12.2. The first-order chi connectivity index (χ1) is 9.76. The predicted octanol–water partition coefficient (Wildman–Crippen LogP) is 2.76. The maximum absolute atomic E-state index is 12.2. The molecular formula is C16H18N2O3. The Balaban J connectivity index is 3.03. The van der Waals surface area contributed by atoms with Gasteiger partial charge in [-0.1, -0.05) is 12.1 Å². The van der Waals surface area contributed by atoms with Crippen LogP contribution in [-0.4, -0.2) is 24.2 Å². The number of carbonyl (C=O) groups excluding carboxylic acids is 1. The molecule has 1 rings (SSSR count). The average molecular weight is 286 g/mol. The molecule has 0 saturated carbocycles. The molecule has 1 unspecified atom stereocenters. The van der Waals surface area contributed by atoms with Crippen molar-refractivity contribution in [1.29, 1.82) is 5.26 Å². The first-order valence-corrected chi connectivity index (χ1v) is 6.42. The van der Waals surface area contributed by atoms with Gasteiger partial charge in [0.05, 0.1) is 13.5 Å². The molecule has 0 aliphatic carbocycles. The molecule has 110 valence electrons. The number of hydrogen-bond acceptors (Lipinski definition) is 4. The molecule has 0 bridgehead atoms. The van der Waals surface area contributed by atoms with Gasteiger partial charge in [-0.15, -0.1) is 0 Å². The lowest BCUT2D eigenvalue weighted by Crippen LogP contribution is -2.41. The first kappa shape index (κ1) is 16.5. The second kappa shape index (κ2) is 6.28. The van der Waals surface area contributed by atoms with Gasteiger partial charge < -0.3 is 9.47 Å². The minimum atomic E-state index is -1.86. The number of methoxy groups -OCH3 is 1. The Kier molecular flexibility index (Phi) is 4.94. The van der Waals surface area contributed by atoms with Crippen molar-refractivity contribution >= 4 is 5.97 Å². The highest BCUT2D eigenvalue weighted by atomic mass is 16.6. The van der Waals surface area contributed by atoms with Crippen LogP contribution < -0.4 is 4.74 Å². The first-order valence-electron chi connectivity index (χ1n) is 6.42. The van der Waals surface area contributed by atoms with E-state index < -0.39 is 17.1 Å². The van der Waals surface area contributed by atoms with Crippen LogP contribution in [0.4, 0.5) is 0 Å². The van der Waals surface area contributed by atoms with Gasteiger partial charge in [0.15, 0.2) is 6.07 Å². The highest BCUT2D eigenvalue weighted by Crippen LogP contribution is 2.24. The molecule has 5 heteroatoms. The Morgan fingerprint density at radius 1 is 1.33 bits per heavy atom. The van der Waals surface area contributed by atoms with E-state index in [0.29, 0.717) is 11.3 Å². The largest absolute Gasteiger partial charge is 0.497 e. The van der Waals surface area contributed by atoms with Crippen LogP contribution in [0, 0.1) is 17.9 Å². The number of nitriles is 1. The van der Waals surface area contributed by atoms with E-state index in [0.717, 1.165) is 0 Å². The van der Waals surface area contributed by atoms with Crippen LogP contribution in [0.15, 0.2) is 24.3 Å². The van der Waals surface area contributed by atoms with E-state index >= 15 is 0 Å². The fourth-order valence-electron chi connectivity index (χ4n) is 1.67. The van der Waals surface area contributed by atoms with Gasteiger partial charge in [-0.25, -0.2) is 11.4 Å². The summed E-state index contributed by atoms with van der Waals surface area (Å²) in [7, 11) is 1.55. The van der Waals surface area contributed by atoms with E-state index in [1.165, 1.54) is 0 Å². The van der Waals surface area contributed by atoms with Crippen molar-refractivity contribution in [3.05, 3.63) is 41.2 Å². The summed E-state index contributed by atoms with van der Waals surface area (Å²) in [6.45, 7) is 12.3. The third-order valence-electron chi connectivity index (χ3n) is 2.73. The van der Waals surface area contributed by atoms with Crippen molar-refractivity contribution in [2.45, 2.75) is 38.3 Å². The number of hydrogen-bond donors (Lipinski definition) is 0. The molecule has 0 aromatic heterocycles. The topological polar surface area (TPSA) is 63.7 Å². The second-order valence-corrected chi connectivity index (χ2v) is 5.61. The molecule has 0 fully saturated rings. The lowest BCUT2D eigenvalue weighted by atomic mass is 9.92. The van der Waals surface area contributed by atoms with Crippen molar-refractivity contribution < 1.29 is 14.3 Å². The monoisotopic (exact) mass is 286 g/mol. The van der Waals surface area contributed by atoms with Crippen LogP contribution in [0.2, 0.25) is 0 Å². The molecule has 5 nitrogen and oxygen atoms in total. The summed E-state index contributed by atoms with van der Waals surface area (Å²) in [4.78, 5) is 15.4. The summed E-state index contributed by atoms with van der Waals surface area (Å²) in [6, 6.07) is 8.69. The Labute approximate surface area is 124 Å². The minimum Gasteiger partial charge on any atom is -0.497 e. The third kappa shape index (κ3) is 4.22. The number of carbonyl (C=O) groups is 1. The van der Waals surface area contributed by atoms with Gasteiger partial charge in [0.25, 0.3) is 0 Å². The van der Waals surface area contributed by atoms with Crippen molar-refractivity contribution in [3.63, 3.8) is 0 Å². The molecule has 0 amide bonds. The van der Waals surface area contributed by atoms with Crippen LogP contribution in [0.5, 0.6) is 5.75 Å². The van der Waals surface area contributed by atoms with E-state index in [-0.39, 0.29) is 6.42 Å². The van der Waals surface area contributed by atoms with E-state index in [1.807, 2.05) is 0 Å². The van der Waals surface area contributed by atoms with Gasteiger partial charge in [-0.05, 0) is 38.5 Å². The summed E-state index contributed by atoms with van der Waals surface area (Å²) in [5.74, 6) is -0.148. The van der Waals surface area contributed by atoms with Gasteiger partial charge >= 0.3 is 11.5 Å². The zero-order chi connectivity index (χ0) is 16.1. The quantitative estimate of drug-likeness (QED) is 0.630. The SMILES string of the molecule is [C-]#[N+]C(C#N)(Cc1ccc(OC)cc1)C(=O)OC(C)(C)C. The fourth-order valence-corrected chi connectivity index (χ4v) is 1.67. The Morgan fingerprint density at radius 2 is 1.90 bits per heavy atom. The highest BCUT2D eigenvalue weighted by molar-refractivity contribution is 5.87. The Bertz CT molecular complexity index is 572. The minimum absolute atomic E-state index is 0.0219. The van der Waals surface area contributed by atoms with Crippen LogP contribution >= 0.6 is 0 Å². The number of esters is 1. The molecule has 0 saturated heterocycles. The van der Waals surface area contributed by atoms with E-state index in [9.17, 15) is 10.1 Å². The number of rotatable bonds is 4. The standard InChI is InChI=1S/C16H18N2O3/c1-15(2,3)21-14(19)16(11-17,18-4)10-12-6-8-13(20-5)9-7-12/h6-9H,10H2,1-3,5H3. The zero-order valence-corrected chi connectivity index (χ0v) is 12.6. The molecule has 0 radical (unpaired) electrons. The smallest absolute Gasteiger partial charge is 0.413 e. The highest BCUT2D eigenvalue weighted by Gasteiger charge is 2.49. The number of benzene rings is 1. The van der Waals surface area contributed by atoms with Crippen LogP contribution in [0.25, 0.3) is 4.85 Å². The maximum Gasteiger partial charge on any atom is 0.413 e. The average Bonchev–Trinajstić information content (AvgIpc) is 2.43. The van der Waals surface area contributed by atoms with Crippen molar-refractivity contribution in [3.8, 4) is 11.8 Å². The molecule has 1 aromatic rings. The number of ether oxygens (including phenoxy) is 2. The van der Waals surface area contributed by atoms with E-state index in [1.54, 1.807) is 58.2 Å². The Hall–Kier alpha value is -2.53. The third-order valence-corrected chi connectivity index (χ3v) is 2.73. The Morgan fingerprint density at radius 3 is 2.29 bits per heavy atom. The molecule has 1 atom stereocenters. The normalized spacial score (nSPS) is 13.4. The van der Waals surface area contributed by atoms with Gasteiger partial charge in [0.2, 0.25) is 0 Å². The van der Waals surface area contributed by atoms with Gasteiger partial charge in [0, 0.05) is 0 Å². The molecule has 0 aliphatic heterocycles. The summed E-state index contributed by atoms with van der Waals surface area (Å²) < 4.78 is 10.3. The lowest BCUT2D eigenvalue weighted by molar-refractivity contribution is -0.157. The molecule has 0 heterocycles. The fraction of sp³-hybridized carbons (Fsp3) is 0.438. The van der Waals surface area contributed by atoms with Crippen LogP contribution in [-0.2, 0) is 16.0 Å². The van der Waals surface area contributed by atoms with Crippen molar-refractivity contribution in [2.24, 2.45) is 0 Å². The molecular weight excluding hydrogens is 268 g/mol. The molecule has 21 heavy (non-hydrogen) atoms. The summed E-state index contributed by atoms with van der Waals surface area (Å²) in [5, 5.41) is 9.32. The van der Waals surface area contributed by atoms with Gasteiger partial charge in [-0.2, -0.15) is 5.26 Å². The molecule has 1 aromatic carbocycles.